The predicted molar refractivity (Wildman–Crippen MR) is 81.2 cm³/mol. The highest BCUT2D eigenvalue weighted by atomic mass is 16.2. The zero-order valence-corrected chi connectivity index (χ0v) is 12.9. The molecule has 0 spiro atoms. The molecule has 1 saturated heterocycles. The lowest BCUT2D eigenvalue weighted by Gasteiger charge is -2.30. The van der Waals surface area contributed by atoms with E-state index in [1.807, 2.05) is 24.2 Å². The van der Waals surface area contributed by atoms with Crippen molar-refractivity contribution >= 4 is 5.91 Å². The summed E-state index contributed by atoms with van der Waals surface area (Å²) in [6.45, 7) is 3.53. The first-order valence-electron chi connectivity index (χ1n) is 7.86. The van der Waals surface area contributed by atoms with Crippen molar-refractivity contribution in [1.82, 2.24) is 30.3 Å². The lowest BCUT2D eigenvalue weighted by atomic mass is 9.96. The molecule has 3 rings (SSSR count). The van der Waals surface area contributed by atoms with Gasteiger partial charge in [-0.2, -0.15) is 10.2 Å². The number of nitrogens with one attached hydrogen (secondary N) is 2. The van der Waals surface area contributed by atoms with E-state index in [4.69, 9.17) is 0 Å². The van der Waals surface area contributed by atoms with Crippen LogP contribution in [-0.2, 0) is 11.2 Å². The largest absolute Gasteiger partial charge is 0.343 e. The summed E-state index contributed by atoms with van der Waals surface area (Å²) >= 11 is 0. The molecule has 2 aromatic heterocycles. The Balaban J connectivity index is 1.41. The monoisotopic (exact) mass is 302 g/mol. The van der Waals surface area contributed by atoms with Gasteiger partial charge in [-0.05, 0) is 38.2 Å². The smallest absolute Gasteiger partial charge is 0.222 e. The van der Waals surface area contributed by atoms with Gasteiger partial charge in [0.05, 0.1) is 6.20 Å². The standard InChI is InChI=1S/C15H22N6O/c1-11-18-15(20-19-11)13-5-7-21(8-6-13)14(22)4-2-3-12-9-16-17-10-12/h9-10,13H,2-8H2,1H3,(H,16,17)(H,18,19,20). The van der Waals surface area contributed by atoms with E-state index >= 15 is 0 Å². The number of carbonyl (C=O) groups is 1. The van der Waals surface area contributed by atoms with Gasteiger partial charge in [0.2, 0.25) is 5.91 Å². The zero-order valence-electron chi connectivity index (χ0n) is 12.9. The molecule has 2 aromatic rings. The molecule has 3 heterocycles. The van der Waals surface area contributed by atoms with Gasteiger partial charge in [0.25, 0.3) is 0 Å². The van der Waals surface area contributed by atoms with Crippen LogP contribution in [0.1, 0.15) is 48.8 Å². The van der Waals surface area contributed by atoms with Crippen molar-refractivity contribution in [2.24, 2.45) is 0 Å². The third-order valence-corrected chi connectivity index (χ3v) is 4.24. The SMILES string of the molecule is Cc1nc(C2CCN(C(=O)CCCc3cn[nH]c3)CC2)n[nH]1. The summed E-state index contributed by atoms with van der Waals surface area (Å²) < 4.78 is 0. The first-order valence-corrected chi connectivity index (χ1v) is 7.86. The number of rotatable bonds is 5. The minimum atomic E-state index is 0.258. The fourth-order valence-corrected chi connectivity index (χ4v) is 2.95. The summed E-state index contributed by atoms with van der Waals surface area (Å²) in [6, 6.07) is 0. The highest BCUT2D eigenvalue weighted by Crippen LogP contribution is 2.25. The molecular formula is C15H22N6O. The molecule has 1 fully saturated rings. The van der Waals surface area contributed by atoms with Gasteiger partial charge in [0, 0.05) is 31.6 Å². The molecule has 7 heteroatoms. The normalized spacial score (nSPS) is 16.1. The van der Waals surface area contributed by atoms with Crippen LogP contribution in [0, 0.1) is 6.92 Å². The Morgan fingerprint density at radius 1 is 1.41 bits per heavy atom. The molecule has 7 nitrogen and oxygen atoms in total. The van der Waals surface area contributed by atoms with Gasteiger partial charge in [-0.1, -0.05) is 0 Å². The second-order valence-electron chi connectivity index (χ2n) is 5.89. The Morgan fingerprint density at radius 3 is 2.86 bits per heavy atom. The number of hydrogen-bond acceptors (Lipinski definition) is 4. The summed E-state index contributed by atoms with van der Waals surface area (Å²) in [5.74, 6) is 2.38. The fourth-order valence-electron chi connectivity index (χ4n) is 2.95. The van der Waals surface area contributed by atoms with Crippen LogP contribution in [0.2, 0.25) is 0 Å². The van der Waals surface area contributed by atoms with E-state index in [-0.39, 0.29) is 5.91 Å². The van der Waals surface area contributed by atoms with Crippen LogP contribution < -0.4 is 0 Å². The van der Waals surface area contributed by atoms with Crippen molar-refractivity contribution in [1.29, 1.82) is 0 Å². The number of hydrogen-bond donors (Lipinski definition) is 2. The van der Waals surface area contributed by atoms with Crippen molar-refractivity contribution in [3.05, 3.63) is 29.6 Å². The summed E-state index contributed by atoms with van der Waals surface area (Å²) in [6.07, 6.45) is 7.97. The first kappa shape index (κ1) is 14.7. The maximum absolute atomic E-state index is 12.2. The van der Waals surface area contributed by atoms with Crippen molar-refractivity contribution in [2.75, 3.05) is 13.1 Å². The van der Waals surface area contributed by atoms with E-state index in [2.05, 4.69) is 25.4 Å². The first-order chi connectivity index (χ1) is 10.7. The van der Waals surface area contributed by atoms with Crippen molar-refractivity contribution in [2.45, 2.75) is 44.9 Å². The zero-order chi connectivity index (χ0) is 15.4. The molecular weight excluding hydrogens is 280 g/mol. The average Bonchev–Trinajstić information content (AvgIpc) is 3.19. The number of nitrogens with zero attached hydrogens (tertiary/aromatic N) is 4. The molecule has 118 valence electrons. The molecule has 0 saturated carbocycles. The molecule has 1 aliphatic rings. The molecule has 0 atom stereocenters. The molecule has 2 N–H and O–H groups in total. The van der Waals surface area contributed by atoms with Crippen LogP contribution in [0.5, 0.6) is 0 Å². The Morgan fingerprint density at radius 2 is 2.23 bits per heavy atom. The van der Waals surface area contributed by atoms with Crippen molar-refractivity contribution in [3.8, 4) is 0 Å². The summed E-state index contributed by atoms with van der Waals surface area (Å²) in [5.41, 5.74) is 1.16. The van der Waals surface area contributed by atoms with Crippen LogP contribution in [-0.4, -0.2) is 49.3 Å². The summed E-state index contributed by atoms with van der Waals surface area (Å²) in [7, 11) is 0. The highest BCUT2D eigenvalue weighted by Gasteiger charge is 2.25. The number of H-pyrrole nitrogens is 2. The van der Waals surface area contributed by atoms with Gasteiger partial charge in [0.1, 0.15) is 5.82 Å². The lowest BCUT2D eigenvalue weighted by Crippen LogP contribution is -2.38. The number of aromatic nitrogens is 5. The molecule has 1 amide bonds. The maximum Gasteiger partial charge on any atom is 0.222 e. The molecule has 0 unspecified atom stereocenters. The van der Waals surface area contributed by atoms with Crippen LogP contribution in [0.25, 0.3) is 0 Å². The number of piperidine rings is 1. The van der Waals surface area contributed by atoms with E-state index < -0.39 is 0 Å². The van der Waals surface area contributed by atoms with E-state index in [0.717, 1.165) is 56.0 Å². The van der Waals surface area contributed by atoms with E-state index in [1.54, 1.807) is 0 Å². The third kappa shape index (κ3) is 3.52. The van der Waals surface area contributed by atoms with Gasteiger partial charge < -0.3 is 4.90 Å². The van der Waals surface area contributed by atoms with Crippen LogP contribution in [0.3, 0.4) is 0 Å². The average molecular weight is 302 g/mol. The second kappa shape index (κ2) is 6.72. The molecule has 1 aliphatic heterocycles. The predicted octanol–water partition coefficient (Wildman–Crippen LogP) is 1.57. The minimum Gasteiger partial charge on any atom is -0.343 e. The molecule has 0 aliphatic carbocycles. The van der Waals surface area contributed by atoms with Gasteiger partial charge in [-0.15, -0.1) is 0 Å². The van der Waals surface area contributed by atoms with Crippen LogP contribution in [0.15, 0.2) is 12.4 Å². The lowest BCUT2D eigenvalue weighted by molar-refractivity contribution is -0.132. The molecule has 0 radical (unpaired) electrons. The number of aromatic amines is 2. The molecule has 0 bridgehead atoms. The maximum atomic E-state index is 12.2. The number of likely N-dealkylation sites (tertiary alicyclic amines) is 1. The van der Waals surface area contributed by atoms with Gasteiger partial charge >= 0.3 is 0 Å². The van der Waals surface area contributed by atoms with Crippen molar-refractivity contribution in [3.63, 3.8) is 0 Å². The Labute approximate surface area is 129 Å². The van der Waals surface area contributed by atoms with Crippen LogP contribution >= 0.6 is 0 Å². The number of aryl methyl sites for hydroxylation is 2. The van der Waals surface area contributed by atoms with E-state index in [9.17, 15) is 4.79 Å². The molecule has 22 heavy (non-hydrogen) atoms. The third-order valence-electron chi connectivity index (χ3n) is 4.24. The topological polar surface area (TPSA) is 90.6 Å². The quantitative estimate of drug-likeness (QED) is 0.877. The van der Waals surface area contributed by atoms with Crippen molar-refractivity contribution < 1.29 is 4.79 Å². The van der Waals surface area contributed by atoms with Crippen LogP contribution in [0.4, 0.5) is 0 Å². The Hall–Kier alpha value is -2.18. The van der Waals surface area contributed by atoms with Gasteiger partial charge in [0.15, 0.2) is 5.82 Å². The van der Waals surface area contributed by atoms with Gasteiger partial charge in [-0.25, -0.2) is 4.98 Å². The highest BCUT2D eigenvalue weighted by molar-refractivity contribution is 5.76. The Kier molecular flexibility index (Phi) is 4.50. The molecule has 0 aromatic carbocycles. The van der Waals surface area contributed by atoms with Gasteiger partial charge in [-0.3, -0.25) is 15.0 Å². The second-order valence-corrected chi connectivity index (χ2v) is 5.89. The Bertz CT molecular complexity index is 597. The van der Waals surface area contributed by atoms with E-state index in [0.29, 0.717) is 12.3 Å². The summed E-state index contributed by atoms with van der Waals surface area (Å²) in [5, 5.41) is 13.8. The number of amides is 1. The minimum absolute atomic E-state index is 0.258. The fraction of sp³-hybridized carbons (Fsp3) is 0.600. The van der Waals surface area contributed by atoms with E-state index in [1.165, 1.54) is 0 Å². The summed E-state index contributed by atoms with van der Waals surface area (Å²) in [4.78, 5) is 18.6. The number of carbonyl (C=O) groups excluding carboxylic acids is 1.